The zero-order chi connectivity index (χ0) is 15.0. The van der Waals surface area contributed by atoms with Crippen LogP contribution in [0.3, 0.4) is 0 Å². The highest BCUT2D eigenvalue weighted by atomic mass is 35.5. The molecule has 0 aliphatic carbocycles. The Morgan fingerprint density at radius 3 is 2.75 bits per heavy atom. The second-order valence-corrected chi connectivity index (χ2v) is 5.36. The van der Waals surface area contributed by atoms with Crippen LogP contribution in [0.2, 0.25) is 5.02 Å². The van der Waals surface area contributed by atoms with E-state index in [4.69, 9.17) is 16.3 Å². The van der Waals surface area contributed by atoms with Gasteiger partial charge in [0.1, 0.15) is 5.75 Å². The summed E-state index contributed by atoms with van der Waals surface area (Å²) >= 11 is 6.15. The van der Waals surface area contributed by atoms with Gasteiger partial charge in [-0.15, -0.1) is 0 Å². The molecule has 0 atom stereocenters. The summed E-state index contributed by atoms with van der Waals surface area (Å²) in [6, 6.07) is 5.71. The SMILES string of the molecule is CCCNCc1ccc(OCC(=O)NC(C)C)c(Cl)c1. The number of hydrogen-bond donors (Lipinski definition) is 2. The fraction of sp³-hybridized carbons (Fsp3) is 0.533. The van der Waals surface area contributed by atoms with Crippen molar-refractivity contribution in [3.8, 4) is 5.75 Å². The number of carbonyl (C=O) groups is 1. The maximum atomic E-state index is 11.5. The molecule has 4 nitrogen and oxygen atoms in total. The smallest absolute Gasteiger partial charge is 0.258 e. The minimum absolute atomic E-state index is 0.0225. The summed E-state index contributed by atoms with van der Waals surface area (Å²) in [6.07, 6.45) is 1.10. The maximum absolute atomic E-state index is 11.5. The van der Waals surface area contributed by atoms with Crippen LogP contribution in [0.15, 0.2) is 18.2 Å². The Bertz CT molecular complexity index is 436. The highest BCUT2D eigenvalue weighted by Gasteiger charge is 2.07. The van der Waals surface area contributed by atoms with Gasteiger partial charge in [0, 0.05) is 12.6 Å². The predicted molar refractivity (Wildman–Crippen MR) is 82.2 cm³/mol. The lowest BCUT2D eigenvalue weighted by molar-refractivity contribution is -0.123. The third kappa shape index (κ3) is 6.26. The Morgan fingerprint density at radius 2 is 2.15 bits per heavy atom. The molecule has 112 valence electrons. The zero-order valence-corrected chi connectivity index (χ0v) is 13.1. The first-order valence-electron chi connectivity index (χ1n) is 6.94. The first-order chi connectivity index (χ1) is 9.52. The molecule has 20 heavy (non-hydrogen) atoms. The third-order valence-corrected chi connectivity index (χ3v) is 2.86. The third-order valence-electron chi connectivity index (χ3n) is 2.56. The number of ether oxygens (including phenoxy) is 1. The van der Waals surface area contributed by atoms with Gasteiger partial charge in [0.15, 0.2) is 6.61 Å². The van der Waals surface area contributed by atoms with Crippen LogP contribution in [0, 0.1) is 0 Å². The van der Waals surface area contributed by atoms with Crippen molar-refractivity contribution in [3.63, 3.8) is 0 Å². The van der Waals surface area contributed by atoms with E-state index in [1.807, 2.05) is 26.0 Å². The van der Waals surface area contributed by atoms with Crippen LogP contribution < -0.4 is 15.4 Å². The molecule has 1 rings (SSSR count). The van der Waals surface area contributed by atoms with E-state index >= 15 is 0 Å². The molecule has 0 saturated carbocycles. The quantitative estimate of drug-likeness (QED) is 0.726. The van der Waals surface area contributed by atoms with E-state index in [0.29, 0.717) is 10.8 Å². The van der Waals surface area contributed by atoms with Gasteiger partial charge in [-0.25, -0.2) is 0 Å². The topological polar surface area (TPSA) is 50.4 Å². The second kappa shape index (κ2) is 8.82. The van der Waals surface area contributed by atoms with Crippen molar-refractivity contribution in [2.75, 3.05) is 13.2 Å². The van der Waals surface area contributed by atoms with E-state index in [1.54, 1.807) is 6.07 Å². The molecule has 0 aromatic heterocycles. The van der Waals surface area contributed by atoms with Crippen LogP contribution in [0.4, 0.5) is 0 Å². The number of halogens is 1. The van der Waals surface area contributed by atoms with Gasteiger partial charge in [0.2, 0.25) is 0 Å². The first kappa shape index (κ1) is 16.8. The molecule has 2 N–H and O–H groups in total. The Balaban J connectivity index is 2.49. The summed E-state index contributed by atoms with van der Waals surface area (Å²) in [5.41, 5.74) is 1.10. The molecule has 0 aliphatic rings. The van der Waals surface area contributed by atoms with Gasteiger partial charge in [-0.05, 0) is 44.5 Å². The summed E-state index contributed by atoms with van der Waals surface area (Å²) in [5, 5.41) is 6.59. The number of carbonyl (C=O) groups excluding carboxylic acids is 1. The van der Waals surface area contributed by atoms with Gasteiger partial charge in [-0.3, -0.25) is 4.79 Å². The van der Waals surface area contributed by atoms with E-state index in [2.05, 4.69) is 17.6 Å². The van der Waals surface area contributed by atoms with Crippen LogP contribution in [-0.4, -0.2) is 25.1 Å². The lowest BCUT2D eigenvalue weighted by Crippen LogP contribution is -2.34. The fourth-order valence-electron chi connectivity index (χ4n) is 1.69. The molecule has 1 amide bonds. The molecule has 0 unspecified atom stereocenters. The van der Waals surface area contributed by atoms with E-state index in [-0.39, 0.29) is 18.6 Å². The van der Waals surface area contributed by atoms with Gasteiger partial charge in [0.05, 0.1) is 5.02 Å². The average Bonchev–Trinajstić information content (AvgIpc) is 2.37. The molecule has 0 aliphatic heterocycles. The maximum Gasteiger partial charge on any atom is 0.258 e. The molecule has 0 bridgehead atoms. The fourth-order valence-corrected chi connectivity index (χ4v) is 1.95. The Hall–Kier alpha value is -1.26. The molecular formula is C15H23ClN2O2. The van der Waals surface area contributed by atoms with Crippen LogP contribution in [-0.2, 0) is 11.3 Å². The van der Waals surface area contributed by atoms with Crippen LogP contribution in [0.5, 0.6) is 5.75 Å². The second-order valence-electron chi connectivity index (χ2n) is 4.95. The lowest BCUT2D eigenvalue weighted by Gasteiger charge is -2.11. The van der Waals surface area contributed by atoms with Gasteiger partial charge >= 0.3 is 0 Å². The summed E-state index contributed by atoms with van der Waals surface area (Å²) in [4.78, 5) is 11.5. The van der Waals surface area contributed by atoms with Crippen molar-refractivity contribution in [3.05, 3.63) is 28.8 Å². The molecule has 0 radical (unpaired) electrons. The van der Waals surface area contributed by atoms with Crippen molar-refractivity contribution >= 4 is 17.5 Å². The Labute approximate surface area is 125 Å². The van der Waals surface area contributed by atoms with Gasteiger partial charge < -0.3 is 15.4 Å². The van der Waals surface area contributed by atoms with Crippen LogP contribution >= 0.6 is 11.6 Å². The normalized spacial score (nSPS) is 10.7. The molecule has 0 heterocycles. The highest BCUT2D eigenvalue weighted by Crippen LogP contribution is 2.25. The Kier molecular flexibility index (Phi) is 7.41. The minimum Gasteiger partial charge on any atom is -0.482 e. The Morgan fingerprint density at radius 1 is 1.40 bits per heavy atom. The van der Waals surface area contributed by atoms with Crippen LogP contribution in [0.1, 0.15) is 32.8 Å². The van der Waals surface area contributed by atoms with Gasteiger partial charge in [-0.1, -0.05) is 24.6 Å². The summed E-state index contributed by atoms with van der Waals surface area (Å²) in [5.74, 6) is 0.384. The molecule has 1 aromatic rings. The van der Waals surface area contributed by atoms with E-state index in [1.165, 1.54) is 0 Å². The summed E-state index contributed by atoms with van der Waals surface area (Å²) < 4.78 is 5.42. The van der Waals surface area contributed by atoms with E-state index in [0.717, 1.165) is 25.1 Å². The molecule has 1 aromatic carbocycles. The van der Waals surface area contributed by atoms with Crippen molar-refractivity contribution in [1.29, 1.82) is 0 Å². The molecule has 0 spiro atoms. The largest absolute Gasteiger partial charge is 0.482 e. The first-order valence-corrected chi connectivity index (χ1v) is 7.32. The predicted octanol–water partition coefficient (Wildman–Crippen LogP) is 2.74. The zero-order valence-electron chi connectivity index (χ0n) is 12.3. The van der Waals surface area contributed by atoms with Crippen molar-refractivity contribution in [2.45, 2.75) is 39.8 Å². The molecular weight excluding hydrogens is 276 g/mol. The number of amides is 1. The average molecular weight is 299 g/mol. The molecule has 0 saturated heterocycles. The van der Waals surface area contributed by atoms with Gasteiger partial charge in [-0.2, -0.15) is 0 Å². The summed E-state index contributed by atoms with van der Waals surface area (Å²) in [6.45, 7) is 7.67. The summed E-state index contributed by atoms with van der Waals surface area (Å²) in [7, 11) is 0. The molecule has 5 heteroatoms. The molecule has 0 fully saturated rings. The number of benzene rings is 1. The monoisotopic (exact) mass is 298 g/mol. The van der Waals surface area contributed by atoms with Crippen molar-refractivity contribution in [2.24, 2.45) is 0 Å². The number of nitrogens with one attached hydrogen (secondary N) is 2. The standard InChI is InChI=1S/C15H23ClN2O2/c1-4-7-17-9-12-5-6-14(13(16)8-12)20-10-15(19)18-11(2)3/h5-6,8,11,17H,4,7,9-10H2,1-3H3,(H,18,19). The number of hydrogen-bond acceptors (Lipinski definition) is 3. The van der Waals surface area contributed by atoms with Crippen molar-refractivity contribution < 1.29 is 9.53 Å². The van der Waals surface area contributed by atoms with Crippen LogP contribution in [0.25, 0.3) is 0 Å². The highest BCUT2D eigenvalue weighted by molar-refractivity contribution is 6.32. The van der Waals surface area contributed by atoms with Gasteiger partial charge in [0.25, 0.3) is 5.91 Å². The van der Waals surface area contributed by atoms with E-state index in [9.17, 15) is 4.79 Å². The van der Waals surface area contributed by atoms with Crippen molar-refractivity contribution in [1.82, 2.24) is 10.6 Å². The lowest BCUT2D eigenvalue weighted by atomic mass is 10.2. The van der Waals surface area contributed by atoms with E-state index < -0.39 is 0 Å². The number of rotatable bonds is 8. The minimum atomic E-state index is -0.148.